The van der Waals surface area contributed by atoms with Gasteiger partial charge in [0.05, 0.1) is 11.2 Å². The van der Waals surface area contributed by atoms with E-state index >= 15 is 0 Å². The Balaban J connectivity index is 2.39. The van der Waals surface area contributed by atoms with Crippen LogP contribution >= 0.6 is 0 Å². The van der Waals surface area contributed by atoms with Crippen LogP contribution in [0.1, 0.15) is 27.7 Å². The molecule has 1 saturated heterocycles. The molecule has 4 N–H and O–H groups in total. The van der Waals surface area contributed by atoms with Crippen LogP contribution in [0.2, 0.25) is 0 Å². The van der Waals surface area contributed by atoms with Crippen molar-refractivity contribution >= 4 is 18.3 Å². The predicted molar refractivity (Wildman–Crippen MR) is 69.9 cm³/mol. The summed E-state index contributed by atoms with van der Waals surface area (Å²) in [4.78, 5) is 0. The molecule has 1 heterocycles. The number of hydrogen-bond donors (Lipinski definition) is 3. The molecule has 2 rings (SSSR count). The molecule has 18 heavy (non-hydrogen) atoms. The van der Waals surface area contributed by atoms with Crippen LogP contribution in [0, 0.1) is 0 Å². The Hall–Kier alpha value is -1.40. The molecular formula is C12H18BNO4. The van der Waals surface area contributed by atoms with Gasteiger partial charge in [-0.05, 0) is 33.8 Å². The lowest BCUT2D eigenvalue weighted by molar-refractivity contribution is 0.00578. The first-order valence-corrected chi connectivity index (χ1v) is 5.81. The summed E-state index contributed by atoms with van der Waals surface area (Å²) >= 11 is 0. The SMILES string of the molecule is CC1(C)OB(c2ccc(O)c(N)c2O)OC1(C)C. The molecule has 0 amide bonds. The summed E-state index contributed by atoms with van der Waals surface area (Å²) in [6.07, 6.45) is 0. The summed E-state index contributed by atoms with van der Waals surface area (Å²) in [7, 11) is -0.696. The molecule has 1 aromatic rings. The first-order valence-electron chi connectivity index (χ1n) is 5.81. The average molecular weight is 251 g/mol. The molecule has 98 valence electrons. The second-order valence-corrected chi connectivity index (χ2v) is 5.52. The normalized spacial score (nSPS) is 21.2. The third kappa shape index (κ3) is 1.81. The summed E-state index contributed by atoms with van der Waals surface area (Å²) in [6.45, 7) is 7.70. The third-order valence-electron chi connectivity index (χ3n) is 3.73. The van der Waals surface area contributed by atoms with Gasteiger partial charge in [-0.3, -0.25) is 0 Å². The Kier molecular flexibility index (Phi) is 2.75. The van der Waals surface area contributed by atoms with Crippen LogP contribution in [0.5, 0.6) is 11.5 Å². The van der Waals surface area contributed by atoms with E-state index in [-0.39, 0.29) is 17.2 Å². The van der Waals surface area contributed by atoms with Crippen LogP contribution in [-0.4, -0.2) is 28.5 Å². The van der Waals surface area contributed by atoms with Crippen LogP contribution in [0.25, 0.3) is 0 Å². The van der Waals surface area contributed by atoms with Crippen LogP contribution in [0.3, 0.4) is 0 Å². The number of aromatic hydroxyl groups is 2. The molecule has 0 bridgehead atoms. The summed E-state index contributed by atoms with van der Waals surface area (Å²) in [5.41, 5.74) is 4.95. The van der Waals surface area contributed by atoms with Crippen molar-refractivity contribution in [3.05, 3.63) is 12.1 Å². The topological polar surface area (TPSA) is 84.9 Å². The van der Waals surface area contributed by atoms with Crippen LogP contribution in [-0.2, 0) is 9.31 Å². The van der Waals surface area contributed by atoms with Crippen LogP contribution in [0.15, 0.2) is 12.1 Å². The lowest BCUT2D eigenvalue weighted by atomic mass is 9.78. The number of nitrogen functional groups attached to an aromatic ring is 1. The Morgan fingerprint density at radius 2 is 1.56 bits per heavy atom. The van der Waals surface area contributed by atoms with Gasteiger partial charge in [-0.25, -0.2) is 0 Å². The van der Waals surface area contributed by atoms with Crippen molar-refractivity contribution in [1.29, 1.82) is 0 Å². The van der Waals surface area contributed by atoms with Gasteiger partial charge < -0.3 is 25.3 Å². The van der Waals surface area contributed by atoms with Crippen molar-refractivity contribution in [3.63, 3.8) is 0 Å². The van der Waals surface area contributed by atoms with E-state index in [1.54, 1.807) is 6.07 Å². The monoisotopic (exact) mass is 251 g/mol. The number of nitrogens with two attached hydrogens (primary N) is 1. The molecule has 5 nitrogen and oxygen atoms in total. The fourth-order valence-corrected chi connectivity index (χ4v) is 1.77. The second-order valence-electron chi connectivity index (χ2n) is 5.52. The van der Waals surface area contributed by atoms with E-state index in [0.717, 1.165) is 0 Å². The fraction of sp³-hybridized carbons (Fsp3) is 0.500. The lowest BCUT2D eigenvalue weighted by Crippen LogP contribution is -2.41. The molecule has 0 aromatic heterocycles. The summed E-state index contributed by atoms with van der Waals surface area (Å²) in [5.74, 6) is -0.360. The minimum absolute atomic E-state index is 0.0674. The van der Waals surface area contributed by atoms with Crippen molar-refractivity contribution in [3.8, 4) is 11.5 Å². The van der Waals surface area contributed by atoms with E-state index in [0.29, 0.717) is 5.46 Å². The number of anilines is 1. The molecule has 0 aliphatic carbocycles. The smallest absolute Gasteiger partial charge is 0.498 e. The number of phenolic OH excluding ortho intramolecular Hbond substituents is 2. The fourth-order valence-electron chi connectivity index (χ4n) is 1.77. The van der Waals surface area contributed by atoms with Gasteiger partial charge in [-0.2, -0.15) is 0 Å². The molecule has 0 atom stereocenters. The quantitative estimate of drug-likeness (QED) is 0.393. The van der Waals surface area contributed by atoms with Gasteiger partial charge in [0.1, 0.15) is 17.2 Å². The Morgan fingerprint density at radius 3 is 2.06 bits per heavy atom. The highest BCUT2D eigenvalue weighted by Gasteiger charge is 2.52. The highest BCUT2D eigenvalue weighted by Crippen LogP contribution is 2.38. The van der Waals surface area contributed by atoms with E-state index < -0.39 is 18.3 Å². The summed E-state index contributed by atoms with van der Waals surface area (Å²) < 4.78 is 11.6. The van der Waals surface area contributed by atoms with Crippen molar-refractivity contribution < 1.29 is 19.5 Å². The van der Waals surface area contributed by atoms with Gasteiger partial charge in [0.15, 0.2) is 0 Å². The average Bonchev–Trinajstić information content (AvgIpc) is 2.45. The lowest BCUT2D eigenvalue weighted by Gasteiger charge is -2.32. The molecule has 0 saturated carbocycles. The van der Waals surface area contributed by atoms with Gasteiger partial charge in [0.25, 0.3) is 0 Å². The van der Waals surface area contributed by atoms with Gasteiger partial charge in [-0.15, -0.1) is 0 Å². The van der Waals surface area contributed by atoms with Crippen molar-refractivity contribution in [2.75, 3.05) is 5.73 Å². The van der Waals surface area contributed by atoms with Gasteiger partial charge in [0.2, 0.25) is 0 Å². The zero-order valence-electron chi connectivity index (χ0n) is 11.0. The Morgan fingerprint density at radius 1 is 1.06 bits per heavy atom. The number of phenols is 2. The molecule has 1 aromatic carbocycles. The largest absolute Gasteiger partial charge is 0.506 e. The second kappa shape index (κ2) is 3.80. The van der Waals surface area contributed by atoms with Crippen molar-refractivity contribution in [2.45, 2.75) is 38.9 Å². The van der Waals surface area contributed by atoms with Crippen molar-refractivity contribution in [1.82, 2.24) is 0 Å². The van der Waals surface area contributed by atoms with E-state index in [1.165, 1.54) is 6.07 Å². The van der Waals surface area contributed by atoms with E-state index in [2.05, 4.69) is 0 Å². The van der Waals surface area contributed by atoms with Gasteiger partial charge in [-0.1, -0.05) is 6.07 Å². The number of rotatable bonds is 1. The first-order chi connectivity index (χ1) is 8.16. The maximum absolute atomic E-state index is 9.93. The highest BCUT2D eigenvalue weighted by molar-refractivity contribution is 6.63. The molecular weight excluding hydrogens is 233 g/mol. The van der Waals surface area contributed by atoms with E-state index in [1.807, 2.05) is 27.7 Å². The molecule has 0 radical (unpaired) electrons. The Bertz CT molecular complexity index is 471. The molecule has 1 aliphatic rings. The molecule has 0 unspecified atom stereocenters. The zero-order chi connectivity index (χ0) is 13.7. The maximum atomic E-state index is 9.93. The number of hydrogen-bond acceptors (Lipinski definition) is 5. The summed E-state index contributed by atoms with van der Waals surface area (Å²) in [5, 5.41) is 19.3. The Labute approximate surface area is 107 Å². The van der Waals surface area contributed by atoms with Gasteiger partial charge >= 0.3 is 7.12 Å². The minimum atomic E-state index is -0.696. The standard InChI is InChI=1S/C12H18BNO4/c1-11(2)12(3,4)18-13(17-11)7-5-6-8(15)9(14)10(7)16/h5-6,15-16H,14H2,1-4H3. The van der Waals surface area contributed by atoms with E-state index in [4.69, 9.17) is 15.0 Å². The van der Waals surface area contributed by atoms with Gasteiger partial charge in [0, 0.05) is 5.46 Å². The maximum Gasteiger partial charge on any atom is 0.498 e. The van der Waals surface area contributed by atoms with Crippen molar-refractivity contribution in [2.24, 2.45) is 0 Å². The molecule has 0 spiro atoms. The molecule has 6 heteroatoms. The minimum Gasteiger partial charge on any atom is -0.506 e. The van der Waals surface area contributed by atoms with Crippen LogP contribution < -0.4 is 11.2 Å². The molecule has 1 fully saturated rings. The third-order valence-corrected chi connectivity index (χ3v) is 3.73. The molecule has 1 aliphatic heterocycles. The predicted octanol–water partition coefficient (Wildman–Crippen LogP) is 0.979. The summed E-state index contributed by atoms with van der Waals surface area (Å²) in [6, 6.07) is 2.96. The number of benzene rings is 1. The van der Waals surface area contributed by atoms with Crippen LogP contribution in [0.4, 0.5) is 5.69 Å². The first kappa shape index (κ1) is 13.0. The zero-order valence-corrected chi connectivity index (χ0v) is 11.0. The van der Waals surface area contributed by atoms with E-state index in [9.17, 15) is 10.2 Å². The highest BCUT2D eigenvalue weighted by atomic mass is 16.7.